The highest BCUT2D eigenvalue weighted by molar-refractivity contribution is 6.02. The number of aromatic nitrogens is 1. The van der Waals surface area contributed by atoms with Gasteiger partial charge in [0.05, 0.1) is 24.8 Å². The Morgan fingerprint density at radius 1 is 1.25 bits per heavy atom. The van der Waals surface area contributed by atoms with Crippen LogP contribution in [0.5, 0.6) is 0 Å². The molecular weight excluding hydrogens is 341 g/mol. The Balaban J connectivity index is 3.99. The molecule has 0 unspecified atom stereocenters. The molecular formula is C14H12F5NO4. The van der Waals surface area contributed by atoms with Gasteiger partial charge in [0.2, 0.25) is 0 Å². The molecule has 1 rings (SSSR count). The predicted octanol–water partition coefficient (Wildman–Crippen LogP) is 3.64. The number of nitrogens with zero attached hydrogens (tertiary/aromatic N) is 1. The summed E-state index contributed by atoms with van der Waals surface area (Å²) in [6.45, 7) is 4.23. The van der Waals surface area contributed by atoms with Crippen molar-refractivity contribution in [2.24, 2.45) is 0 Å². The number of alkyl halides is 5. The fourth-order valence-electron chi connectivity index (χ4n) is 1.92. The third-order valence-electron chi connectivity index (χ3n) is 2.81. The summed E-state index contributed by atoms with van der Waals surface area (Å²) >= 11 is 0. The first-order chi connectivity index (χ1) is 11.1. The van der Waals surface area contributed by atoms with Gasteiger partial charge in [0.1, 0.15) is 5.69 Å². The van der Waals surface area contributed by atoms with E-state index in [0.717, 1.165) is 7.11 Å². The normalized spacial score (nSPS) is 11.3. The van der Waals surface area contributed by atoms with Crippen molar-refractivity contribution in [3.8, 4) is 0 Å². The van der Waals surface area contributed by atoms with Crippen molar-refractivity contribution in [3.63, 3.8) is 0 Å². The van der Waals surface area contributed by atoms with Crippen molar-refractivity contribution in [1.29, 1.82) is 0 Å². The van der Waals surface area contributed by atoms with Gasteiger partial charge in [-0.25, -0.2) is 23.4 Å². The van der Waals surface area contributed by atoms with Crippen LogP contribution in [0.4, 0.5) is 22.0 Å². The first kappa shape index (κ1) is 19.5. The quantitative estimate of drug-likeness (QED) is 0.597. The molecule has 0 fully saturated rings. The van der Waals surface area contributed by atoms with Crippen LogP contribution in [-0.4, -0.2) is 30.6 Å². The Kier molecular flexibility index (Phi) is 5.99. The van der Waals surface area contributed by atoms with E-state index in [2.05, 4.69) is 21.0 Å². The molecule has 5 nitrogen and oxygen atoms in total. The van der Waals surface area contributed by atoms with Gasteiger partial charge in [-0.1, -0.05) is 12.7 Å². The molecule has 24 heavy (non-hydrogen) atoms. The van der Waals surface area contributed by atoms with E-state index in [1.165, 1.54) is 6.92 Å². The maximum absolute atomic E-state index is 13.2. The van der Waals surface area contributed by atoms with E-state index in [0.29, 0.717) is 6.08 Å². The smallest absolute Gasteiger partial charge is 0.434 e. The van der Waals surface area contributed by atoms with Crippen molar-refractivity contribution in [3.05, 3.63) is 34.7 Å². The summed E-state index contributed by atoms with van der Waals surface area (Å²) in [4.78, 5) is 26.4. The molecule has 132 valence electrons. The standard InChI is InChI=1S/C14H12F5NO4/c1-4-6-7(12(21)23-3)9(11(15)16)20-10(14(17,18)19)8(6)13(22)24-5-2/h4,11H,1,5H2,2-3H3. The third kappa shape index (κ3) is 3.69. The zero-order valence-electron chi connectivity index (χ0n) is 12.5. The molecule has 1 aromatic heterocycles. The monoisotopic (exact) mass is 353 g/mol. The van der Waals surface area contributed by atoms with Gasteiger partial charge in [-0.3, -0.25) is 0 Å². The molecule has 0 aliphatic rings. The van der Waals surface area contributed by atoms with Gasteiger partial charge in [0.25, 0.3) is 6.43 Å². The van der Waals surface area contributed by atoms with Crippen LogP contribution in [0.3, 0.4) is 0 Å². The van der Waals surface area contributed by atoms with E-state index in [-0.39, 0.29) is 6.61 Å². The van der Waals surface area contributed by atoms with E-state index in [4.69, 9.17) is 0 Å². The largest absolute Gasteiger partial charge is 0.465 e. The number of hydrogen-bond acceptors (Lipinski definition) is 5. The minimum absolute atomic E-state index is 0.281. The van der Waals surface area contributed by atoms with Crippen LogP contribution >= 0.6 is 0 Å². The van der Waals surface area contributed by atoms with Gasteiger partial charge < -0.3 is 9.47 Å². The lowest BCUT2D eigenvalue weighted by Crippen LogP contribution is -2.24. The molecule has 10 heteroatoms. The van der Waals surface area contributed by atoms with E-state index in [9.17, 15) is 31.5 Å². The van der Waals surface area contributed by atoms with Crippen LogP contribution in [0.1, 0.15) is 51.0 Å². The van der Waals surface area contributed by atoms with Crippen molar-refractivity contribution in [2.45, 2.75) is 19.5 Å². The SMILES string of the molecule is C=Cc1c(C(=O)OC)c(C(F)F)nc(C(F)(F)F)c1C(=O)OCC. The number of carbonyl (C=O) groups is 2. The summed E-state index contributed by atoms with van der Waals surface area (Å²) in [7, 11) is 0.839. The van der Waals surface area contributed by atoms with Crippen molar-refractivity contribution < 1.29 is 41.0 Å². The lowest BCUT2D eigenvalue weighted by atomic mass is 9.97. The minimum Gasteiger partial charge on any atom is -0.465 e. The first-order valence-electron chi connectivity index (χ1n) is 6.41. The number of esters is 2. The molecule has 0 spiro atoms. The van der Waals surface area contributed by atoms with E-state index in [1.807, 2.05) is 0 Å². The molecule has 0 aliphatic heterocycles. The molecule has 0 bridgehead atoms. The second-order valence-corrected chi connectivity index (χ2v) is 4.22. The number of methoxy groups -OCH3 is 1. The third-order valence-corrected chi connectivity index (χ3v) is 2.81. The van der Waals surface area contributed by atoms with Gasteiger partial charge in [-0.2, -0.15) is 13.2 Å². The number of ether oxygens (including phenoxy) is 2. The molecule has 1 heterocycles. The fraction of sp³-hybridized carbons (Fsp3) is 0.357. The Morgan fingerprint density at radius 3 is 2.21 bits per heavy atom. The lowest BCUT2D eigenvalue weighted by Gasteiger charge is -2.18. The van der Waals surface area contributed by atoms with Crippen LogP contribution in [-0.2, 0) is 15.7 Å². The Morgan fingerprint density at radius 2 is 1.83 bits per heavy atom. The van der Waals surface area contributed by atoms with Gasteiger partial charge in [0.15, 0.2) is 5.69 Å². The van der Waals surface area contributed by atoms with E-state index >= 15 is 0 Å². The molecule has 0 aliphatic carbocycles. The van der Waals surface area contributed by atoms with Gasteiger partial charge in [-0.15, -0.1) is 0 Å². The van der Waals surface area contributed by atoms with Crippen LogP contribution < -0.4 is 0 Å². The summed E-state index contributed by atoms with van der Waals surface area (Å²) in [5, 5.41) is 0. The molecule has 1 aromatic rings. The van der Waals surface area contributed by atoms with Crippen molar-refractivity contribution in [2.75, 3.05) is 13.7 Å². The van der Waals surface area contributed by atoms with Crippen LogP contribution in [0.25, 0.3) is 6.08 Å². The molecule has 0 aromatic carbocycles. The highest BCUT2D eigenvalue weighted by Crippen LogP contribution is 2.37. The Hall–Kier alpha value is -2.52. The molecule has 0 atom stereocenters. The zero-order valence-corrected chi connectivity index (χ0v) is 12.5. The van der Waals surface area contributed by atoms with Crippen LogP contribution in [0, 0.1) is 0 Å². The van der Waals surface area contributed by atoms with E-state index < -0.39 is 52.6 Å². The van der Waals surface area contributed by atoms with Gasteiger partial charge in [0, 0.05) is 5.56 Å². The number of rotatable bonds is 5. The van der Waals surface area contributed by atoms with Crippen molar-refractivity contribution >= 4 is 18.0 Å². The van der Waals surface area contributed by atoms with Crippen LogP contribution in [0.15, 0.2) is 6.58 Å². The molecule has 0 radical (unpaired) electrons. The van der Waals surface area contributed by atoms with Crippen molar-refractivity contribution in [1.82, 2.24) is 4.98 Å². The highest BCUT2D eigenvalue weighted by atomic mass is 19.4. The zero-order chi connectivity index (χ0) is 18.7. The molecule has 0 saturated heterocycles. The number of hydrogen-bond donors (Lipinski definition) is 0. The Labute approximate surface area is 133 Å². The maximum Gasteiger partial charge on any atom is 0.434 e. The number of halogens is 5. The lowest BCUT2D eigenvalue weighted by molar-refractivity contribution is -0.142. The highest BCUT2D eigenvalue weighted by Gasteiger charge is 2.42. The van der Waals surface area contributed by atoms with Crippen LogP contribution in [0.2, 0.25) is 0 Å². The van der Waals surface area contributed by atoms with E-state index in [1.54, 1.807) is 0 Å². The maximum atomic E-state index is 13.2. The van der Waals surface area contributed by atoms with Gasteiger partial charge in [-0.05, 0) is 6.92 Å². The summed E-state index contributed by atoms with van der Waals surface area (Å²) in [6, 6.07) is 0. The molecule has 0 N–H and O–H groups in total. The second kappa shape index (κ2) is 7.37. The average Bonchev–Trinajstić information content (AvgIpc) is 2.50. The summed E-state index contributed by atoms with van der Waals surface area (Å²) in [6.07, 6.45) is -8.09. The fourth-order valence-corrected chi connectivity index (χ4v) is 1.92. The summed E-state index contributed by atoms with van der Waals surface area (Å²) in [5.41, 5.74) is -6.28. The second-order valence-electron chi connectivity index (χ2n) is 4.22. The first-order valence-corrected chi connectivity index (χ1v) is 6.41. The minimum atomic E-state index is -5.24. The predicted molar refractivity (Wildman–Crippen MR) is 71.6 cm³/mol. The Bertz CT molecular complexity index is 670. The number of carbonyl (C=O) groups excluding carboxylic acids is 2. The van der Waals surface area contributed by atoms with Gasteiger partial charge >= 0.3 is 18.1 Å². The number of pyridine rings is 1. The topological polar surface area (TPSA) is 65.5 Å². The average molecular weight is 353 g/mol. The molecule has 0 saturated carbocycles. The summed E-state index contributed by atoms with van der Waals surface area (Å²) < 4.78 is 74.5. The molecule has 0 amide bonds. The summed E-state index contributed by atoms with van der Waals surface area (Å²) in [5.74, 6) is -2.86.